The minimum atomic E-state index is -0.274. The van der Waals surface area contributed by atoms with Crippen LogP contribution in [-0.4, -0.2) is 52.7 Å². The van der Waals surface area contributed by atoms with Crippen LogP contribution in [0.3, 0.4) is 0 Å². The molecule has 2 aromatic heterocycles. The molecular weight excluding hydrogens is 328 g/mol. The van der Waals surface area contributed by atoms with Gasteiger partial charge in [-0.3, -0.25) is 4.79 Å². The van der Waals surface area contributed by atoms with Gasteiger partial charge >= 0.3 is 5.97 Å². The molecule has 0 saturated heterocycles. The van der Waals surface area contributed by atoms with Crippen molar-refractivity contribution < 1.29 is 9.53 Å². The molecule has 0 saturated carbocycles. The third-order valence-corrected chi connectivity index (χ3v) is 4.35. The van der Waals surface area contributed by atoms with E-state index in [-0.39, 0.29) is 12.5 Å². The SMILES string of the molecule is CN(C)CCOC(=O)Cn1c2ccccc2c2nc3ccccc3nc21. The molecule has 0 aliphatic carbocycles. The number of likely N-dealkylation sites (N-methyl/N-ethyl adjacent to an activating group) is 1. The van der Waals surface area contributed by atoms with E-state index in [1.165, 1.54) is 0 Å². The topological polar surface area (TPSA) is 60.2 Å². The fourth-order valence-corrected chi connectivity index (χ4v) is 3.06. The lowest BCUT2D eigenvalue weighted by molar-refractivity contribution is -0.144. The molecule has 0 unspecified atom stereocenters. The largest absolute Gasteiger partial charge is 0.463 e. The van der Waals surface area contributed by atoms with E-state index < -0.39 is 0 Å². The van der Waals surface area contributed by atoms with E-state index in [2.05, 4.69) is 0 Å². The van der Waals surface area contributed by atoms with Crippen molar-refractivity contribution >= 4 is 39.1 Å². The summed E-state index contributed by atoms with van der Waals surface area (Å²) in [6, 6.07) is 15.7. The molecule has 0 aliphatic rings. The molecule has 132 valence electrons. The van der Waals surface area contributed by atoms with Crippen LogP contribution in [0.15, 0.2) is 48.5 Å². The van der Waals surface area contributed by atoms with E-state index in [4.69, 9.17) is 14.7 Å². The van der Waals surface area contributed by atoms with Crippen LogP contribution >= 0.6 is 0 Å². The second kappa shape index (κ2) is 6.72. The van der Waals surface area contributed by atoms with Gasteiger partial charge in [-0.15, -0.1) is 0 Å². The first-order valence-corrected chi connectivity index (χ1v) is 8.57. The predicted octanol–water partition coefficient (Wildman–Crippen LogP) is 2.84. The van der Waals surface area contributed by atoms with Crippen molar-refractivity contribution in [1.82, 2.24) is 19.4 Å². The Kier molecular flexibility index (Phi) is 4.26. The summed E-state index contributed by atoms with van der Waals surface area (Å²) in [6.07, 6.45) is 0. The highest BCUT2D eigenvalue weighted by molar-refractivity contribution is 6.06. The Bertz CT molecular complexity index is 1100. The Morgan fingerprint density at radius 2 is 1.73 bits per heavy atom. The minimum Gasteiger partial charge on any atom is -0.463 e. The highest BCUT2D eigenvalue weighted by Gasteiger charge is 2.16. The normalized spacial score (nSPS) is 11.7. The third-order valence-electron chi connectivity index (χ3n) is 4.35. The van der Waals surface area contributed by atoms with Crippen LogP contribution in [0.25, 0.3) is 33.1 Å². The number of para-hydroxylation sites is 3. The van der Waals surface area contributed by atoms with Crippen molar-refractivity contribution in [3.05, 3.63) is 48.5 Å². The van der Waals surface area contributed by atoms with Crippen molar-refractivity contribution in [2.24, 2.45) is 0 Å². The van der Waals surface area contributed by atoms with Crippen molar-refractivity contribution in [2.75, 3.05) is 27.2 Å². The fourth-order valence-electron chi connectivity index (χ4n) is 3.06. The molecule has 0 fully saturated rings. The number of carbonyl (C=O) groups excluding carboxylic acids is 1. The van der Waals surface area contributed by atoms with Gasteiger partial charge in [0.15, 0.2) is 5.65 Å². The number of rotatable bonds is 5. The molecule has 2 heterocycles. The number of ether oxygens (including phenoxy) is 1. The molecular formula is C20H20N4O2. The predicted molar refractivity (Wildman–Crippen MR) is 102 cm³/mol. The number of hydrogen-bond acceptors (Lipinski definition) is 5. The average molecular weight is 348 g/mol. The van der Waals surface area contributed by atoms with E-state index in [1.807, 2.05) is 72.1 Å². The van der Waals surface area contributed by atoms with Crippen LogP contribution in [0.5, 0.6) is 0 Å². The van der Waals surface area contributed by atoms with Gasteiger partial charge in [-0.1, -0.05) is 30.3 Å². The lowest BCUT2D eigenvalue weighted by atomic mass is 10.2. The van der Waals surface area contributed by atoms with Crippen LogP contribution in [0.2, 0.25) is 0 Å². The first kappa shape index (κ1) is 16.5. The fraction of sp³-hybridized carbons (Fsp3) is 0.250. The van der Waals surface area contributed by atoms with Crippen LogP contribution in [0.1, 0.15) is 0 Å². The number of aromatic nitrogens is 3. The Morgan fingerprint density at radius 1 is 1.04 bits per heavy atom. The number of esters is 1. The number of benzene rings is 2. The smallest absolute Gasteiger partial charge is 0.326 e. The molecule has 2 aromatic carbocycles. The van der Waals surface area contributed by atoms with Gasteiger partial charge in [0.2, 0.25) is 0 Å². The summed E-state index contributed by atoms with van der Waals surface area (Å²) in [7, 11) is 3.89. The third kappa shape index (κ3) is 2.99. The van der Waals surface area contributed by atoms with Gasteiger partial charge in [0.25, 0.3) is 0 Å². The van der Waals surface area contributed by atoms with Gasteiger partial charge in [-0.2, -0.15) is 0 Å². The van der Waals surface area contributed by atoms with Crippen LogP contribution in [0.4, 0.5) is 0 Å². The number of hydrogen-bond donors (Lipinski definition) is 0. The van der Waals surface area contributed by atoms with E-state index in [1.54, 1.807) is 0 Å². The quantitative estimate of drug-likeness (QED) is 0.519. The van der Waals surface area contributed by atoms with E-state index in [0.29, 0.717) is 18.8 Å². The van der Waals surface area contributed by atoms with Crippen molar-refractivity contribution in [1.29, 1.82) is 0 Å². The van der Waals surface area contributed by atoms with Gasteiger partial charge in [0.1, 0.15) is 18.7 Å². The molecule has 0 bridgehead atoms. The number of nitrogens with zero attached hydrogens (tertiary/aromatic N) is 4. The summed E-state index contributed by atoms with van der Waals surface area (Å²) in [6.45, 7) is 1.19. The van der Waals surface area contributed by atoms with Crippen molar-refractivity contribution in [3.63, 3.8) is 0 Å². The molecule has 0 N–H and O–H groups in total. The molecule has 4 aromatic rings. The summed E-state index contributed by atoms with van der Waals surface area (Å²) in [5, 5.41) is 0.988. The molecule has 0 atom stereocenters. The van der Waals surface area contributed by atoms with Crippen molar-refractivity contribution in [3.8, 4) is 0 Å². The maximum Gasteiger partial charge on any atom is 0.326 e. The van der Waals surface area contributed by atoms with Gasteiger partial charge < -0.3 is 14.2 Å². The summed E-state index contributed by atoms with van der Waals surface area (Å²) in [5.41, 5.74) is 4.10. The summed E-state index contributed by atoms with van der Waals surface area (Å²) >= 11 is 0. The Balaban J connectivity index is 1.79. The lowest BCUT2D eigenvalue weighted by Crippen LogP contribution is -2.22. The van der Waals surface area contributed by atoms with E-state index in [9.17, 15) is 4.79 Å². The van der Waals surface area contributed by atoms with Gasteiger partial charge in [-0.25, -0.2) is 9.97 Å². The molecule has 6 heteroatoms. The molecule has 0 aliphatic heterocycles. The molecule has 0 radical (unpaired) electrons. The standard InChI is InChI=1S/C20H20N4O2/c1-23(2)11-12-26-18(25)13-24-17-10-6-3-7-14(17)19-20(24)22-16-9-5-4-8-15(16)21-19/h3-10H,11-13H2,1-2H3. The summed E-state index contributed by atoms with van der Waals surface area (Å²) in [4.78, 5) is 23.8. The Hall–Kier alpha value is -2.99. The number of fused-ring (bicyclic) bond motifs is 4. The summed E-state index contributed by atoms with van der Waals surface area (Å²) in [5.74, 6) is -0.274. The average Bonchev–Trinajstić information content (AvgIpc) is 2.93. The van der Waals surface area contributed by atoms with E-state index >= 15 is 0 Å². The van der Waals surface area contributed by atoms with Gasteiger partial charge in [-0.05, 0) is 32.3 Å². The number of carbonyl (C=O) groups is 1. The van der Waals surface area contributed by atoms with Crippen LogP contribution in [-0.2, 0) is 16.1 Å². The van der Waals surface area contributed by atoms with E-state index in [0.717, 1.165) is 27.5 Å². The molecule has 6 nitrogen and oxygen atoms in total. The zero-order valence-electron chi connectivity index (χ0n) is 14.8. The van der Waals surface area contributed by atoms with Gasteiger partial charge in [0.05, 0.1) is 16.6 Å². The minimum absolute atomic E-state index is 0.116. The first-order valence-electron chi connectivity index (χ1n) is 8.57. The van der Waals surface area contributed by atoms with Gasteiger partial charge in [0, 0.05) is 11.9 Å². The first-order chi connectivity index (χ1) is 12.6. The van der Waals surface area contributed by atoms with Crippen LogP contribution < -0.4 is 0 Å². The zero-order chi connectivity index (χ0) is 18.1. The Morgan fingerprint density at radius 3 is 2.50 bits per heavy atom. The second-order valence-corrected chi connectivity index (χ2v) is 6.51. The monoisotopic (exact) mass is 348 g/mol. The zero-order valence-corrected chi connectivity index (χ0v) is 14.8. The molecule has 4 rings (SSSR count). The van der Waals surface area contributed by atoms with Crippen LogP contribution in [0, 0.1) is 0 Å². The summed E-state index contributed by atoms with van der Waals surface area (Å²) < 4.78 is 7.25. The highest BCUT2D eigenvalue weighted by Crippen LogP contribution is 2.28. The molecule has 26 heavy (non-hydrogen) atoms. The lowest BCUT2D eigenvalue weighted by Gasteiger charge is -2.11. The molecule has 0 spiro atoms. The Labute approximate surface area is 151 Å². The molecule has 0 amide bonds. The highest BCUT2D eigenvalue weighted by atomic mass is 16.5. The maximum absolute atomic E-state index is 12.3. The van der Waals surface area contributed by atoms with Crippen molar-refractivity contribution in [2.45, 2.75) is 6.54 Å². The second-order valence-electron chi connectivity index (χ2n) is 6.51. The maximum atomic E-state index is 12.3.